The molecule has 0 bridgehead atoms. The van der Waals surface area contributed by atoms with Crippen molar-refractivity contribution in [3.05, 3.63) is 34.3 Å². The molecule has 1 N–H and O–H groups in total. The van der Waals surface area contributed by atoms with Crippen molar-refractivity contribution in [2.45, 2.75) is 20.0 Å². The number of aliphatic hydroxyl groups excluding tert-OH is 1. The van der Waals surface area contributed by atoms with E-state index in [2.05, 4.69) is 0 Å². The van der Waals surface area contributed by atoms with Gasteiger partial charge in [-0.25, -0.2) is 0 Å². The summed E-state index contributed by atoms with van der Waals surface area (Å²) in [6.07, 6.45) is 0.909. The first kappa shape index (κ1) is 8.57. The van der Waals surface area contributed by atoms with E-state index in [1.807, 2.05) is 25.1 Å². The monoisotopic (exact) mass is 170 g/mol. The number of hydrogen-bond acceptors (Lipinski definition) is 1. The highest BCUT2D eigenvalue weighted by Crippen LogP contribution is 2.17. The Balaban J connectivity index is 3.02. The maximum absolute atomic E-state index is 8.81. The van der Waals surface area contributed by atoms with Crippen LogP contribution in [0.5, 0.6) is 0 Å². The zero-order valence-corrected chi connectivity index (χ0v) is 7.23. The van der Waals surface area contributed by atoms with Crippen LogP contribution in [-0.2, 0) is 13.0 Å². The molecule has 0 aliphatic rings. The molecule has 60 valence electrons. The summed E-state index contributed by atoms with van der Waals surface area (Å²) in [5, 5.41) is 9.59. The third-order valence-corrected chi connectivity index (χ3v) is 2.04. The molecule has 0 amide bonds. The van der Waals surface area contributed by atoms with Gasteiger partial charge in [0, 0.05) is 5.02 Å². The Kier molecular flexibility index (Phi) is 2.92. The molecule has 0 aliphatic carbocycles. The highest BCUT2D eigenvalue weighted by Gasteiger charge is 1.98. The minimum absolute atomic E-state index is 0.0875. The lowest BCUT2D eigenvalue weighted by molar-refractivity contribution is 0.281. The molecule has 1 aromatic rings. The van der Waals surface area contributed by atoms with Gasteiger partial charge in [0.1, 0.15) is 0 Å². The molecule has 1 rings (SSSR count). The molecule has 0 saturated carbocycles. The predicted molar refractivity (Wildman–Crippen MR) is 46.8 cm³/mol. The Morgan fingerprint density at radius 3 is 2.73 bits per heavy atom. The molecule has 0 aliphatic heterocycles. The Morgan fingerprint density at radius 1 is 1.45 bits per heavy atom. The molecule has 0 unspecified atom stereocenters. The fourth-order valence-corrected chi connectivity index (χ4v) is 1.25. The minimum Gasteiger partial charge on any atom is -0.392 e. The lowest BCUT2D eigenvalue weighted by atomic mass is 10.1. The van der Waals surface area contributed by atoms with E-state index in [0.29, 0.717) is 0 Å². The Bertz CT molecular complexity index is 245. The maximum Gasteiger partial charge on any atom is 0.0681 e. The van der Waals surface area contributed by atoms with E-state index in [4.69, 9.17) is 16.7 Å². The second-order valence-electron chi connectivity index (χ2n) is 2.44. The molecular formula is C9H11ClO. The number of aliphatic hydroxyl groups is 1. The Morgan fingerprint density at radius 2 is 2.18 bits per heavy atom. The maximum atomic E-state index is 8.81. The third kappa shape index (κ3) is 1.95. The number of rotatable bonds is 2. The molecule has 0 atom stereocenters. The third-order valence-electron chi connectivity index (χ3n) is 1.67. The van der Waals surface area contributed by atoms with Crippen LogP contribution in [-0.4, -0.2) is 5.11 Å². The normalized spacial score (nSPS) is 10.1. The SMILES string of the molecule is CCc1cc(CO)ccc1Cl. The zero-order chi connectivity index (χ0) is 8.27. The van der Waals surface area contributed by atoms with Crippen molar-refractivity contribution in [1.82, 2.24) is 0 Å². The highest BCUT2D eigenvalue weighted by atomic mass is 35.5. The van der Waals surface area contributed by atoms with Crippen LogP contribution < -0.4 is 0 Å². The van der Waals surface area contributed by atoms with Gasteiger partial charge in [0.25, 0.3) is 0 Å². The summed E-state index contributed by atoms with van der Waals surface area (Å²) in [6, 6.07) is 5.59. The molecule has 11 heavy (non-hydrogen) atoms. The standard InChI is InChI=1S/C9H11ClO/c1-2-8-5-7(6-11)3-4-9(8)10/h3-5,11H,2,6H2,1H3. The lowest BCUT2D eigenvalue weighted by Crippen LogP contribution is -1.87. The van der Waals surface area contributed by atoms with E-state index >= 15 is 0 Å². The van der Waals surface area contributed by atoms with Crippen molar-refractivity contribution in [3.63, 3.8) is 0 Å². The topological polar surface area (TPSA) is 20.2 Å². The van der Waals surface area contributed by atoms with Crippen LogP contribution in [0.15, 0.2) is 18.2 Å². The first-order valence-electron chi connectivity index (χ1n) is 3.66. The van der Waals surface area contributed by atoms with E-state index in [1.54, 1.807) is 0 Å². The van der Waals surface area contributed by atoms with Gasteiger partial charge >= 0.3 is 0 Å². The second kappa shape index (κ2) is 3.74. The molecule has 0 fully saturated rings. The summed E-state index contributed by atoms with van der Waals surface area (Å²) in [7, 11) is 0. The van der Waals surface area contributed by atoms with Gasteiger partial charge in [0.2, 0.25) is 0 Å². The number of benzene rings is 1. The zero-order valence-electron chi connectivity index (χ0n) is 6.47. The van der Waals surface area contributed by atoms with E-state index in [1.165, 1.54) is 0 Å². The molecule has 0 saturated heterocycles. The van der Waals surface area contributed by atoms with Gasteiger partial charge in [0.15, 0.2) is 0 Å². The van der Waals surface area contributed by atoms with Crippen LogP contribution in [0.4, 0.5) is 0 Å². The molecule has 0 radical (unpaired) electrons. The summed E-state index contributed by atoms with van der Waals surface area (Å²) in [4.78, 5) is 0. The largest absolute Gasteiger partial charge is 0.392 e. The van der Waals surface area contributed by atoms with Crippen LogP contribution in [0, 0.1) is 0 Å². The minimum atomic E-state index is 0.0875. The smallest absolute Gasteiger partial charge is 0.0681 e. The van der Waals surface area contributed by atoms with Gasteiger partial charge in [-0.2, -0.15) is 0 Å². The number of halogens is 1. The summed E-state index contributed by atoms with van der Waals surface area (Å²) < 4.78 is 0. The van der Waals surface area contributed by atoms with Crippen molar-refractivity contribution >= 4 is 11.6 Å². The summed E-state index contributed by atoms with van der Waals surface area (Å²) in [5.74, 6) is 0. The van der Waals surface area contributed by atoms with Crippen molar-refractivity contribution in [2.24, 2.45) is 0 Å². The lowest BCUT2D eigenvalue weighted by Gasteiger charge is -2.02. The van der Waals surface area contributed by atoms with Gasteiger partial charge in [-0.1, -0.05) is 30.7 Å². The van der Waals surface area contributed by atoms with Crippen LogP contribution >= 0.6 is 11.6 Å². The molecule has 1 aromatic carbocycles. The molecule has 0 heterocycles. The van der Waals surface area contributed by atoms with E-state index in [0.717, 1.165) is 22.6 Å². The van der Waals surface area contributed by atoms with Crippen molar-refractivity contribution in [1.29, 1.82) is 0 Å². The molecule has 0 spiro atoms. The second-order valence-corrected chi connectivity index (χ2v) is 2.84. The molecule has 0 aromatic heterocycles. The molecule has 1 nitrogen and oxygen atoms in total. The average molecular weight is 171 g/mol. The van der Waals surface area contributed by atoms with Crippen LogP contribution in [0.3, 0.4) is 0 Å². The Hall–Kier alpha value is -0.530. The first-order chi connectivity index (χ1) is 5.27. The van der Waals surface area contributed by atoms with Gasteiger partial charge in [-0.05, 0) is 23.6 Å². The highest BCUT2D eigenvalue weighted by molar-refractivity contribution is 6.31. The number of aryl methyl sites for hydroxylation is 1. The van der Waals surface area contributed by atoms with E-state index in [9.17, 15) is 0 Å². The van der Waals surface area contributed by atoms with Gasteiger partial charge < -0.3 is 5.11 Å². The quantitative estimate of drug-likeness (QED) is 0.723. The van der Waals surface area contributed by atoms with Gasteiger partial charge in [-0.15, -0.1) is 0 Å². The fraction of sp³-hybridized carbons (Fsp3) is 0.333. The van der Waals surface area contributed by atoms with Crippen molar-refractivity contribution < 1.29 is 5.11 Å². The summed E-state index contributed by atoms with van der Waals surface area (Å²) in [6.45, 7) is 2.13. The number of hydrogen-bond donors (Lipinski definition) is 1. The van der Waals surface area contributed by atoms with E-state index in [-0.39, 0.29) is 6.61 Å². The van der Waals surface area contributed by atoms with E-state index < -0.39 is 0 Å². The first-order valence-corrected chi connectivity index (χ1v) is 4.04. The van der Waals surface area contributed by atoms with Crippen LogP contribution in [0.2, 0.25) is 5.02 Å². The van der Waals surface area contributed by atoms with Crippen molar-refractivity contribution in [2.75, 3.05) is 0 Å². The molecule has 2 heteroatoms. The summed E-state index contributed by atoms with van der Waals surface area (Å²) in [5.41, 5.74) is 2.02. The summed E-state index contributed by atoms with van der Waals surface area (Å²) >= 11 is 5.87. The Labute approximate surface area is 71.6 Å². The van der Waals surface area contributed by atoms with Crippen molar-refractivity contribution in [3.8, 4) is 0 Å². The van der Waals surface area contributed by atoms with Gasteiger partial charge in [0.05, 0.1) is 6.61 Å². The van der Waals surface area contributed by atoms with Crippen LogP contribution in [0.25, 0.3) is 0 Å². The molecular weight excluding hydrogens is 160 g/mol. The average Bonchev–Trinajstić information content (AvgIpc) is 2.05. The van der Waals surface area contributed by atoms with Gasteiger partial charge in [-0.3, -0.25) is 0 Å². The predicted octanol–water partition coefficient (Wildman–Crippen LogP) is 2.39. The van der Waals surface area contributed by atoms with Crippen LogP contribution in [0.1, 0.15) is 18.1 Å². The fourth-order valence-electron chi connectivity index (χ4n) is 0.997.